The van der Waals surface area contributed by atoms with Crippen molar-refractivity contribution in [2.75, 3.05) is 0 Å². The second kappa shape index (κ2) is 2.33. The highest BCUT2D eigenvalue weighted by Crippen LogP contribution is 2.42. The number of carbonyl (C=O) groups is 1. The molecule has 0 radical (unpaired) electrons. The van der Waals surface area contributed by atoms with Crippen molar-refractivity contribution < 1.29 is 4.79 Å². The van der Waals surface area contributed by atoms with E-state index < -0.39 is 0 Å². The van der Waals surface area contributed by atoms with Crippen LogP contribution in [0.3, 0.4) is 0 Å². The Morgan fingerprint density at radius 2 is 2.45 bits per heavy atom. The van der Waals surface area contributed by atoms with Gasteiger partial charge in [0, 0.05) is 11.8 Å². The Morgan fingerprint density at radius 1 is 1.64 bits per heavy atom. The monoisotopic (exact) mass is 148 g/mol. The van der Waals surface area contributed by atoms with Crippen LogP contribution in [0.1, 0.15) is 12.8 Å². The first-order valence-electron chi connectivity index (χ1n) is 4.16. The van der Waals surface area contributed by atoms with Crippen molar-refractivity contribution in [1.29, 1.82) is 0 Å². The lowest BCUT2D eigenvalue weighted by molar-refractivity contribution is -0.123. The number of hydrogen-bond acceptors (Lipinski definition) is 1. The van der Waals surface area contributed by atoms with Gasteiger partial charge in [-0.05, 0) is 18.8 Å². The van der Waals surface area contributed by atoms with Crippen LogP contribution in [0.25, 0.3) is 0 Å². The molecule has 0 aromatic carbocycles. The van der Waals surface area contributed by atoms with E-state index >= 15 is 0 Å². The number of ketones is 1. The molecule has 1 fully saturated rings. The molecule has 2 bridgehead atoms. The molecule has 2 aliphatic rings. The van der Waals surface area contributed by atoms with Gasteiger partial charge < -0.3 is 0 Å². The summed E-state index contributed by atoms with van der Waals surface area (Å²) >= 11 is 0. The van der Waals surface area contributed by atoms with E-state index in [1.54, 1.807) is 0 Å². The molecule has 1 nitrogen and oxygen atoms in total. The van der Waals surface area contributed by atoms with Crippen molar-refractivity contribution in [2.45, 2.75) is 12.8 Å². The van der Waals surface area contributed by atoms with Crippen LogP contribution in [0.5, 0.6) is 0 Å². The zero-order valence-electron chi connectivity index (χ0n) is 6.49. The van der Waals surface area contributed by atoms with E-state index in [1.807, 2.05) is 6.08 Å². The Labute approximate surface area is 66.8 Å². The van der Waals surface area contributed by atoms with Crippen molar-refractivity contribution in [3.63, 3.8) is 0 Å². The number of allylic oxidation sites excluding steroid dienone is 3. The van der Waals surface area contributed by atoms with Gasteiger partial charge in [-0.3, -0.25) is 4.79 Å². The van der Waals surface area contributed by atoms with Gasteiger partial charge in [0.15, 0.2) is 0 Å². The highest BCUT2D eigenvalue weighted by atomic mass is 16.1. The van der Waals surface area contributed by atoms with Gasteiger partial charge in [-0.2, -0.15) is 0 Å². The quantitative estimate of drug-likeness (QED) is 0.547. The van der Waals surface area contributed by atoms with Crippen molar-refractivity contribution >= 4 is 5.78 Å². The van der Waals surface area contributed by atoms with Gasteiger partial charge in [-0.25, -0.2) is 0 Å². The van der Waals surface area contributed by atoms with Crippen LogP contribution in [0.4, 0.5) is 0 Å². The van der Waals surface area contributed by atoms with Crippen molar-refractivity contribution in [2.24, 2.45) is 17.8 Å². The van der Waals surface area contributed by atoms with Crippen molar-refractivity contribution in [1.82, 2.24) is 0 Å². The molecule has 0 N–H and O–H groups in total. The summed E-state index contributed by atoms with van der Waals surface area (Å²) in [5, 5.41) is 0. The summed E-state index contributed by atoms with van der Waals surface area (Å²) in [6, 6.07) is 0. The van der Waals surface area contributed by atoms with E-state index in [2.05, 4.69) is 18.7 Å². The average Bonchev–Trinajstić information content (AvgIpc) is 2.54. The molecule has 58 valence electrons. The SMILES string of the molecule is C=CC[C@@H]1C(=O)[C@H]2C=C[C@@H]1C2. The summed E-state index contributed by atoms with van der Waals surface area (Å²) in [5.74, 6) is 1.50. The molecule has 2 rings (SSSR count). The third kappa shape index (κ3) is 0.873. The normalized spacial score (nSPS) is 40.0. The minimum atomic E-state index is 0.255. The van der Waals surface area contributed by atoms with Gasteiger partial charge in [0.05, 0.1) is 0 Å². The molecule has 2 aliphatic carbocycles. The van der Waals surface area contributed by atoms with Gasteiger partial charge in [0.1, 0.15) is 5.78 Å². The Hall–Kier alpha value is -0.850. The first-order valence-corrected chi connectivity index (χ1v) is 4.16. The van der Waals surface area contributed by atoms with E-state index in [9.17, 15) is 4.79 Å². The maximum atomic E-state index is 11.5. The lowest BCUT2D eigenvalue weighted by Gasteiger charge is -2.13. The van der Waals surface area contributed by atoms with Crippen LogP contribution in [0.2, 0.25) is 0 Å². The first kappa shape index (κ1) is 6.84. The van der Waals surface area contributed by atoms with Gasteiger partial charge in [0.25, 0.3) is 0 Å². The van der Waals surface area contributed by atoms with E-state index in [4.69, 9.17) is 0 Å². The largest absolute Gasteiger partial charge is 0.299 e. The van der Waals surface area contributed by atoms with Crippen LogP contribution < -0.4 is 0 Å². The third-order valence-electron chi connectivity index (χ3n) is 2.79. The van der Waals surface area contributed by atoms with Gasteiger partial charge >= 0.3 is 0 Å². The predicted octanol–water partition coefficient (Wildman–Crippen LogP) is 1.95. The average molecular weight is 148 g/mol. The Kier molecular flexibility index (Phi) is 1.45. The fraction of sp³-hybridized carbons (Fsp3) is 0.500. The predicted molar refractivity (Wildman–Crippen MR) is 44.0 cm³/mol. The van der Waals surface area contributed by atoms with Crippen LogP contribution in [-0.4, -0.2) is 5.78 Å². The van der Waals surface area contributed by atoms with E-state index in [0.29, 0.717) is 11.7 Å². The molecule has 0 amide bonds. The molecular formula is C10H12O. The molecule has 1 saturated carbocycles. The van der Waals surface area contributed by atoms with E-state index in [0.717, 1.165) is 12.8 Å². The Bertz CT molecular complexity index is 227. The fourth-order valence-electron chi connectivity index (χ4n) is 2.19. The summed E-state index contributed by atoms with van der Waals surface area (Å²) in [4.78, 5) is 11.5. The topological polar surface area (TPSA) is 17.1 Å². The van der Waals surface area contributed by atoms with Crippen molar-refractivity contribution in [3.05, 3.63) is 24.8 Å². The summed E-state index contributed by atoms with van der Waals surface area (Å²) in [6.45, 7) is 3.67. The lowest BCUT2D eigenvalue weighted by atomic mass is 9.90. The van der Waals surface area contributed by atoms with Crippen molar-refractivity contribution in [3.8, 4) is 0 Å². The first-order chi connectivity index (χ1) is 5.33. The second-order valence-electron chi connectivity index (χ2n) is 3.42. The summed E-state index contributed by atoms with van der Waals surface area (Å²) < 4.78 is 0. The molecule has 0 heterocycles. The minimum Gasteiger partial charge on any atom is -0.299 e. The summed E-state index contributed by atoms with van der Waals surface area (Å²) in [7, 11) is 0. The van der Waals surface area contributed by atoms with Gasteiger partial charge in [-0.15, -0.1) is 6.58 Å². The number of fused-ring (bicyclic) bond motifs is 2. The molecule has 3 atom stereocenters. The lowest BCUT2D eigenvalue weighted by Crippen LogP contribution is -2.17. The van der Waals surface area contributed by atoms with E-state index in [-0.39, 0.29) is 11.8 Å². The fourth-order valence-corrected chi connectivity index (χ4v) is 2.19. The molecule has 1 heteroatoms. The third-order valence-corrected chi connectivity index (χ3v) is 2.79. The van der Waals surface area contributed by atoms with Crippen LogP contribution >= 0.6 is 0 Å². The number of rotatable bonds is 2. The highest BCUT2D eigenvalue weighted by molar-refractivity contribution is 5.89. The summed E-state index contributed by atoms with van der Waals surface area (Å²) in [6.07, 6.45) is 8.05. The smallest absolute Gasteiger partial charge is 0.143 e. The van der Waals surface area contributed by atoms with Gasteiger partial charge in [0.2, 0.25) is 0 Å². The molecule has 0 saturated heterocycles. The number of hydrogen-bond donors (Lipinski definition) is 0. The van der Waals surface area contributed by atoms with Gasteiger partial charge in [-0.1, -0.05) is 18.2 Å². The number of Topliss-reactive ketones (excluding diaryl/α,β-unsaturated/α-hetero) is 1. The highest BCUT2D eigenvalue weighted by Gasteiger charge is 2.42. The van der Waals surface area contributed by atoms with Crippen LogP contribution in [0, 0.1) is 17.8 Å². The number of carbonyl (C=O) groups excluding carboxylic acids is 1. The van der Waals surface area contributed by atoms with E-state index in [1.165, 1.54) is 0 Å². The molecule has 0 aromatic heterocycles. The zero-order chi connectivity index (χ0) is 7.84. The maximum Gasteiger partial charge on any atom is 0.143 e. The molecule has 0 aliphatic heterocycles. The Morgan fingerprint density at radius 3 is 3.00 bits per heavy atom. The van der Waals surface area contributed by atoms with Crippen LogP contribution in [-0.2, 0) is 4.79 Å². The maximum absolute atomic E-state index is 11.5. The molecule has 0 spiro atoms. The summed E-state index contributed by atoms with van der Waals surface area (Å²) in [5.41, 5.74) is 0. The molecule has 11 heavy (non-hydrogen) atoms. The molecular weight excluding hydrogens is 136 g/mol. The molecule has 0 aromatic rings. The minimum absolute atomic E-state index is 0.255. The standard InChI is InChI=1S/C10H12O/c1-2-3-9-7-4-5-8(6-7)10(9)11/h2,4-5,7-9H,1,3,6H2/t7-,8+,9+/m1/s1. The zero-order valence-corrected chi connectivity index (χ0v) is 6.49. The second-order valence-corrected chi connectivity index (χ2v) is 3.42. The molecule has 0 unspecified atom stereocenters. The Balaban J connectivity index is 2.18. The van der Waals surface area contributed by atoms with Crippen LogP contribution in [0.15, 0.2) is 24.8 Å².